The molecule has 1 heterocycles. The third kappa shape index (κ3) is 7.12. The number of nitrogens with zero attached hydrogens (tertiary/aromatic N) is 1. The molecule has 0 saturated carbocycles. The molecule has 2 unspecified atom stereocenters. The van der Waals surface area contributed by atoms with Gasteiger partial charge in [-0.1, -0.05) is 24.3 Å². The summed E-state index contributed by atoms with van der Waals surface area (Å²) in [7, 11) is -4.54. The van der Waals surface area contributed by atoms with Crippen LogP contribution in [0.5, 0.6) is 5.75 Å². The first-order valence-corrected chi connectivity index (χ1v) is 12.1. The third-order valence-corrected chi connectivity index (χ3v) is 6.80. The Bertz CT molecular complexity index is 1150. The molecule has 3 rings (SSSR count). The lowest BCUT2D eigenvalue weighted by molar-refractivity contribution is -0.142. The predicted molar refractivity (Wildman–Crippen MR) is 116 cm³/mol. The molecule has 1 saturated heterocycles. The zero-order valence-corrected chi connectivity index (χ0v) is 19.8. The van der Waals surface area contributed by atoms with E-state index in [-0.39, 0.29) is 18.3 Å². The summed E-state index contributed by atoms with van der Waals surface area (Å²) in [6.45, 7) is 1.26. The first-order chi connectivity index (χ1) is 16.7. The highest BCUT2D eigenvalue weighted by Crippen LogP contribution is 2.35. The van der Waals surface area contributed by atoms with Gasteiger partial charge in [0.15, 0.2) is 0 Å². The molecule has 0 aliphatic carbocycles. The van der Waals surface area contributed by atoms with E-state index < -0.39 is 39.1 Å². The van der Waals surface area contributed by atoms with Crippen molar-refractivity contribution in [1.82, 2.24) is 4.90 Å². The summed E-state index contributed by atoms with van der Waals surface area (Å²) >= 11 is 0. The van der Waals surface area contributed by atoms with Crippen LogP contribution in [0.2, 0.25) is 0 Å². The number of hydrogen-bond acceptors (Lipinski definition) is 6. The second-order valence-electron chi connectivity index (χ2n) is 8.52. The molecule has 0 spiro atoms. The average molecular weight is 539 g/mol. The average Bonchev–Trinajstić information content (AvgIpc) is 2.78. The Labute approximate surface area is 203 Å². The van der Waals surface area contributed by atoms with Gasteiger partial charge in [-0.15, -0.1) is 0 Å². The van der Waals surface area contributed by atoms with Crippen molar-refractivity contribution in [2.75, 3.05) is 20.2 Å². The van der Waals surface area contributed by atoms with Crippen molar-refractivity contribution < 1.29 is 48.5 Å². The second kappa shape index (κ2) is 10.7. The molecule has 1 aliphatic rings. The lowest BCUT2D eigenvalue weighted by atomic mass is 9.83. The summed E-state index contributed by atoms with van der Waals surface area (Å²) < 4.78 is 108. The van der Waals surface area contributed by atoms with Gasteiger partial charge in [-0.2, -0.15) is 34.8 Å². The Morgan fingerprint density at radius 2 is 1.58 bits per heavy atom. The van der Waals surface area contributed by atoms with Crippen molar-refractivity contribution in [1.29, 1.82) is 0 Å². The Balaban J connectivity index is 1.76. The normalized spacial score (nSPS) is 19.6. The van der Waals surface area contributed by atoms with Gasteiger partial charge < -0.3 is 8.92 Å². The van der Waals surface area contributed by atoms with E-state index in [0.29, 0.717) is 37.2 Å². The Kier molecular flexibility index (Phi) is 8.23. The summed E-state index contributed by atoms with van der Waals surface area (Å²) in [5, 5.41) is 0. The molecule has 1 fully saturated rings. The quantitative estimate of drug-likeness (QED) is 0.211. The van der Waals surface area contributed by atoms with Crippen molar-refractivity contribution in [3.8, 4) is 5.75 Å². The maximum atomic E-state index is 12.8. The van der Waals surface area contributed by atoms with Crippen LogP contribution in [0.3, 0.4) is 0 Å². The van der Waals surface area contributed by atoms with Crippen LogP contribution in [0.4, 0.5) is 26.3 Å². The highest BCUT2D eigenvalue weighted by molar-refractivity contribution is 7.88. The maximum Gasteiger partial charge on any atom is 0.534 e. The van der Waals surface area contributed by atoms with E-state index >= 15 is 0 Å². The van der Waals surface area contributed by atoms with Crippen molar-refractivity contribution >= 4 is 16.1 Å². The first kappa shape index (κ1) is 27.8. The molecule has 2 aromatic carbocycles. The largest absolute Gasteiger partial charge is 0.534 e. The van der Waals surface area contributed by atoms with Gasteiger partial charge >= 0.3 is 27.8 Å². The molecule has 0 amide bonds. The molecule has 36 heavy (non-hydrogen) atoms. The van der Waals surface area contributed by atoms with Crippen LogP contribution in [-0.2, 0) is 32.4 Å². The molecule has 0 N–H and O–H groups in total. The maximum absolute atomic E-state index is 12.8. The number of hydrogen-bond donors (Lipinski definition) is 0. The predicted octanol–water partition coefficient (Wildman–Crippen LogP) is 5.10. The number of alkyl halides is 6. The number of methoxy groups -OCH3 is 1. The fourth-order valence-corrected chi connectivity index (χ4v) is 4.63. The molecular weight excluding hydrogens is 516 g/mol. The number of carbonyl (C=O) groups excluding carboxylic acids is 1. The molecule has 198 valence electrons. The minimum Gasteiger partial charge on any atom is -0.469 e. The summed E-state index contributed by atoms with van der Waals surface area (Å²) in [5.41, 5.74) is -5.00. The van der Waals surface area contributed by atoms with Crippen LogP contribution >= 0.6 is 0 Å². The van der Waals surface area contributed by atoms with Crippen molar-refractivity contribution in [2.24, 2.45) is 5.92 Å². The fraction of sp³-hybridized carbons (Fsp3) is 0.435. The van der Waals surface area contributed by atoms with Crippen LogP contribution in [0.15, 0.2) is 48.5 Å². The first-order valence-electron chi connectivity index (χ1n) is 10.7. The zero-order chi connectivity index (χ0) is 26.7. The number of rotatable bonds is 7. The number of ether oxygens (including phenoxy) is 1. The van der Waals surface area contributed by atoms with E-state index in [2.05, 4.69) is 4.18 Å². The molecule has 0 radical (unpaired) electrons. The zero-order valence-electron chi connectivity index (χ0n) is 19.0. The topological polar surface area (TPSA) is 72.9 Å². The molecule has 6 nitrogen and oxygen atoms in total. The van der Waals surface area contributed by atoms with E-state index in [1.165, 1.54) is 31.4 Å². The fourth-order valence-electron chi connectivity index (χ4n) is 4.17. The molecule has 2 atom stereocenters. The minimum atomic E-state index is -5.80. The van der Waals surface area contributed by atoms with E-state index in [1.54, 1.807) is 0 Å². The van der Waals surface area contributed by atoms with Gasteiger partial charge in [0.2, 0.25) is 0 Å². The Morgan fingerprint density at radius 1 is 0.972 bits per heavy atom. The number of benzene rings is 2. The number of esters is 1. The van der Waals surface area contributed by atoms with Crippen LogP contribution < -0.4 is 4.18 Å². The highest BCUT2D eigenvalue weighted by Gasteiger charge is 2.48. The summed E-state index contributed by atoms with van der Waals surface area (Å²) in [5.74, 6) is -1.25. The monoisotopic (exact) mass is 539 g/mol. The number of halogens is 6. The second-order valence-corrected chi connectivity index (χ2v) is 10.1. The SMILES string of the molecule is COC(=O)CC1CC(c2ccc(OS(=O)(=O)C(F)(F)F)cc2)CN(Cc2ccc(C(F)(F)F)cc2)C1. The smallest absolute Gasteiger partial charge is 0.469 e. The molecule has 2 aromatic rings. The minimum absolute atomic E-state index is 0.113. The lowest BCUT2D eigenvalue weighted by Gasteiger charge is -2.38. The van der Waals surface area contributed by atoms with Crippen molar-refractivity contribution in [2.45, 2.75) is 37.0 Å². The Morgan fingerprint density at radius 3 is 2.11 bits per heavy atom. The number of piperidine rings is 1. The summed E-state index contributed by atoms with van der Waals surface area (Å²) in [6, 6.07) is 9.88. The van der Waals surface area contributed by atoms with Gasteiger partial charge in [0.1, 0.15) is 5.75 Å². The Hall–Kier alpha value is -2.80. The van der Waals surface area contributed by atoms with E-state index in [4.69, 9.17) is 4.74 Å². The molecule has 0 bridgehead atoms. The van der Waals surface area contributed by atoms with Crippen LogP contribution in [0.1, 0.15) is 35.4 Å². The van der Waals surface area contributed by atoms with Crippen LogP contribution in [0.25, 0.3) is 0 Å². The standard InChI is InChI=1S/C23H23F6NO5S/c1-34-21(31)11-16-10-18(17-4-8-20(9-5-17)35-36(32,33)23(27,28)29)14-30(13-16)12-15-2-6-19(7-3-15)22(24,25)26/h2-9,16,18H,10-14H2,1H3. The van der Waals surface area contributed by atoms with Gasteiger partial charge in [0.25, 0.3) is 0 Å². The third-order valence-electron chi connectivity index (χ3n) is 5.82. The number of likely N-dealkylation sites (tertiary alicyclic amines) is 1. The van der Waals surface area contributed by atoms with Crippen LogP contribution in [0, 0.1) is 5.92 Å². The lowest BCUT2D eigenvalue weighted by Crippen LogP contribution is -2.40. The molecule has 13 heteroatoms. The van der Waals surface area contributed by atoms with Crippen molar-refractivity contribution in [3.63, 3.8) is 0 Å². The molecule has 0 aromatic heterocycles. The molecule has 1 aliphatic heterocycles. The molecular formula is C23H23F6NO5S. The van der Waals surface area contributed by atoms with Gasteiger partial charge in [0, 0.05) is 26.1 Å². The van der Waals surface area contributed by atoms with Gasteiger partial charge in [-0.3, -0.25) is 9.69 Å². The number of carbonyl (C=O) groups is 1. The summed E-state index contributed by atoms with van der Waals surface area (Å²) in [4.78, 5) is 13.8. The van der Waals surface area contributed by atoms with Crippen molar-refractivity contribution in [3.05, 3.63) is 65.2 Å². The van der Waals surface area contributed by atoms with E-state index in [9.17, 15) is 39.6 Å². The van der Waals surface area contributed by atoms with Crippen LogP contribution in [-0.4, -0.2) is 45.0 Å². The summed E-state index contributed by atoms with van der Waals surface area (Å²) in [6.07, 6.45) is -3.79. The highest BCUT2D eigenvalue weighted by atomic mass is 32.2. The van der Waals surface area contributed by atoms with Gasteiger partial charge in [0.05, 0.1) is 12.7 Å². The van der Waals surface area contributed by atoms with Gasteiger partial charge in [-0.25, -0.2) is 0 Å². The van der Waals surface area contributed by atoms with E-state index in [1.807, 2.05) is 4.90 Å². The van der Waals surface area contributed by atoms with Gasteiger partial charge in [-0.05, 0) is 53.6 Å². The van der Waals surface area contributed by atoms with E-state index in [0.717, 1.165) is 24.3 Å².